The zero-order valence-corrected chi connectivity index (χ0v) is 27.2. The summed E-state index contributed by atoms with van der Waals surface area (Å²) in [4.78, 5) is 73.6. The lowest BCUT2D eigenvalue weighted by Crippen LogP contribution is -2.56. The Balaban J connectivity index is 1.29. The number of benzene rings is 1. The third-order valence-corrected chi connectivity index (χ3v) is 8.97. The summed E-state index contributed by atoms with van der Waals surface area (Å²) in [7, 11) is 0. The fraction of sp³-hybridized carbons (Fsp3) is 0.576. The minimum atomic E-state index is -2.89. The molecule has 0 unspecified atom stereocenters. The van der Waals surface area contributed by atoms with Crippen molar-refractivity contribution in [3.05, 3.63) is 35.5 Å². The summed E-state index contributed by atoms with van der Waals surface area (Å²) in [5, 5.41) is 5.95. The summed E-state index contributed by atoms with van der Waals surface area (Å²) in [5.41, 5.74) is 1.02. The summed E-state index contributed by atoms with van der Waals surface area (Å²) in [6, 6.07) is 4.62. The quantitative estimate of drug-likeness (QED) is 0.370. The van der Waals surface area contributed by atoms with Crippen LogP contribution in [0.1, 0.15) is 61.5 Å². The Morgan fingerprint density at radius 2 is 1.71 bits per heavy atom. The van der Waals surface area contributed by atoms with E-state index < -0.39 is 49.4 Å². The van der Waals surface area contributed by atoms with E-state index in [2.05, 4.69) is 15.6 Å². The van der Waals surface area contributed by atoms with Crippen molar-refractivity contribution < 1.29 is 42.2 Å². The zero-order chi connectivity index (χ0) is 34.4. The highest BCUT2D eigenvalue weighted by Crippen LogP contribution is 2.28. The Morgan fingerprint density at radius 1 is 0.979 bits per heavy atom. The number of halogens is 2. The highest BCUT2D eigenvalue weighted by molar-refractivity contribution is 5.99. The van der Waals surface area contributed by atoms with E-state index in [1.165, 1.54) is 20.8 Å². The standard InChI is InChI=1S/C33H42F2N6O7/c1-3-47-33(46)40-14-12-39(13-15-40)32(45)25(18-28(34)35)38-30(43)24-17-27(22-10-9-20(2)16-23(22)37-24)48-19-29(42)41-11-5-8-26(41)31(44)36-21-6-4-7-21/h9-10,16-17,21,25-26,28H,3-8,11-15,18-19H2,1-2H3,(H,36,44)(H,38,43)/t25-,26-/m0/s1. The van der Waals surface area contributed by atoms with Crippen molar-refractivity contribution in [2.75, 3.05) is 45.9 Å². The number of piperazine rings is 1. The van der Waals surface area contributed by atoms with Crippen molar-refractivity contribution in [2.45, 2.75) is 76.9 Å². The molecule has 0 radical (unpaired) electrons. The van der Waals surface area contributed by atoms with Crippen LogP contribution in [-0.2, 0) is 19.1 Å². The van der Waals surface area contributed by atoms with Gasteiger partial charge in [-0.15, -0.1) is 0 Å². The molecule has 0 bridgehead atoms. The van der Waals surface area contributed by atoms with Crippen molar-refractivity contribution >= 4 is 40.6 Å². The van der Waals surface area contributed by atoms with E-state index in [0.29, 0.717) is 30.3 Å². The van der Waals surface area contributed by atoms with Gasteiger partial charge in [0.15, 0.2) is 6.61 Å². The average molecular weight is 673 g/mol. The molecule has 0 spiro atoms. The minimum absolute atomic E-state index is 0.0902. The molecule has 5 rings (SSSR count). The first-order valence-corrected chi connectivity index (χ1v) is 16.5. The molecule has 2 aliphatic heterocycles. The minimum Gasteiger partial charge on any atom is -0.483 e. The topological polar surface area (TPSA) is 150 Å². The first-order chi connectivity index (χ1) is 23.0. The van der Waals surface area contributed by atoms with E-state index in [0.717, 1.165) is 24.8 Å². The number of hydrogen-bond donors (Lipinski definition) is 2. The van der Waals surface area contributed by atoms with Crippen LogP contribution in [-0.4, -0.2) is 120 Å². The lowest BCUT2D eigenvalue weighted by Gasteiger charge is -2.35. The van der Waals surface area contributed by atoms with E-state index in [1.807, 2.05) is 13.0 Å². The molecule has 3 fully saturated rings. The summed E-state index contributed by atoms with van der Waals surface area (Å²) in [6.45, 7) is 4.24. The summed E-state index contributed by atoms with van der Waals surface area (Å²) >= 11 is 0. The predicted molar refractivity (Wildman–Crippen MR) is 170 cm³/mol. The number of carbonyl (C=O) groups excluding carboxylic acids is 5. The van der Waals surface area contributed by atoms with Gasteiger partial charge in [0.1, 0.15) is 23.5 Å². The van der Waals surface area contributed by atoms with E-state index in [4.69, 9.17) is 9.47 Å². The molecule has 2 saturated heterocycles. The maximum atomic E-state index is 13.6. The Labute approximate surface area is 277 Å². The number of nitrogens with one attached hydrogen (secondary N) is 2. The van der Waals surface area contributed by atoms with Gasteiger partial charge in [0, 0.05) is 56.6 Å². The van der Waals surface area contributed by atoms with Gasteiger partial charge < -0.3 is 34.8 Å². The molecule has 3 heterocycles. The number of alkyl halides is 2. The van der Waals surface area contributed by atoms with Crippen LogP contribution in [0.25, 0.3) is 10.9 Å². The monoisotopic (exact) mass is 672 g/mol. The van der Waals surface area contributed by atoms with Gasteiger partial charge in [-0.25, -0.2) is 18.6 Å². The van der Waals surface area contributed by atoms with Gasteiger partial charge in [-0.05, 0) is 63.6 Å². The van der Waals surface area contributed by atoms with Crippen molar-refractivity contribution in [1.82, 2.24) is 30.3 Å². The normalized spacial score (nSPS) is 18.8. The molecule has 1 aromatic heterocycles. The maximum absolute atomic E-state index is 13.6. The van der Waals surface area contributed by atoms with Crippen molar-refractivity contribution in [2.24, 2.45) is 0 Å². The lowest BCUT2D eigenvalue weighted by molar-refractivity contribution is -0.140. The predicted octanol–water partition coefficient (Wildman–Crippen LogP) is 2.64. The fourth-order valence-corrected chi connectivity index (χ4v) is 6.13. The van der Waals surface area contributed by atoms with Crippen molar-refractivity contribution in [1.29, 1.82) is 0 Å². The number of likely N-dealkylation sites (tertiary alicyclic amines) is 1. The number of aryl methyl sites for hydroxylation is 1. The van der Waals surface area contributed by atoms with Crippen LogP contribution in [0, 0.1) is 6.92 Å². The van der Waals surface area contributed by atoms with Gasteiger partial charge in [0.05, 0.1) is 12.1 Å². The number of aromatic nitrogens is 1. The average Bonchev–Trinajstić information content (AvgIpc) is 3.54. The van der Waals surface area contributed by atoms with Crippen LogP contribution in [0.4, 0.5) is 13.6 Å². The van der Waals surface area contributed by atoms with Crippen LogP contribution in [0.2, 0.25) is 0 Å². The summed E-state index contributed by atoms with van der Waals surface area (Å²) in [6.07, 6.45) is -0.127. The summed E-state index contributed by atoms with van der Waals surface area (Å²) in [5.74, 6) is -1.95. The molecule has 260 valence electrons. The third kappa shape index (κ3) is 8.29. The molecule has 2 atom stereocenters. The molecular weight excluding hydrogens is 630 g/mol. The molecule has 1 aliphatic carbocycles. The molecule has 13 nitrogen and oxygen atoms in total. The van der Waals surface area contributed by atoms with E-state index in [1.54, 1.807) is 19.1 Å². The second-order valence-corrected chi connectivity index (χ2v) is 12.4. The number of ether oxygens (including phenoxy) is 2. The molecule has 2 N–H and O–H groups in total. The molecule has 5 amide bonds. The number of carbonyl (C=O) groups is 5. The van der Waals surface area contributed by atoms with Gasteiger partial charge in [0.2, 0.25) is 18.2 Å². The number of hydrogen-bond acceptors (Lipinski definition) is 8. The lowest BCUT2D eigenvalue weighted by atomic mass is 9.93. The maximum Gasteiger partial charge on any atom is 0.409 e. The first kappa shape index (κ1) is 34.8. The van der Waals surface area contributed by atoms with Crippen molar-refractivity contribution in [3.63, 3.8) is 0 Å². The Kier molecular flexibility index (Phi) is 11.3. The van der Waals surface area contributed by atoms with Crippen LogP contribution >= 0.6 is 0 Å². The zero-order valence-electron chi connectivity index (χ0n) is 27.2. The number of nitrogens with zero attached hydrogens (tertiary/aromatic N) is 4. The van der Waals surface area contributed by atoms with Gasteiger partial charge in [-0.2, -0.15) is 0 Å². The van der Waals surface area contributed by atoms with Gasteiger partial charge >= 0.3 is 6.09 Å². The number of fused-ring (bicyclic) bond motifs is 1. The van der Waals surface area contributed by atoms with E-state index in [9.17, 15) is 32.8 Å². The van der Waals surface area contributed by atoms with Crippen LogP contribution in [0.15, 0.2) is 24.3 Å². The van der Waals surface area contributed by atoms with Crippen LogP contribution in [0.3, 0.4) is 0 Å². The second-order valence-electron chi connectivity index (χ2n) is 12.4. The van der Waals surface area contributed by atoms with Gasteiger partial charge in [-0.1, -0.05) is 6.07 Å². The number of pyridine rings is 1. The second kappa shape index (κ2) is 15.6. The molecule has 48 heavy (non-hydrogen) atoms. The summed E-state index contributed by atoms with van der Waals surface area (Å²) < 4.78 is 38.2. The molecule has 2 aromatic rings. The van der Waals surface area contributed by atoms with E-state index in [-0.39, 0.29) is 62.1 Å². The molecule has 1 aromatic carbocycles. The van der Waals surface area contributed by atoms with Crippen LogP contribution in [0.5, 0.6) is 5.75 Å². The first-order valence-electron chi connectivity index (χ1n) is 16.5. The van der Waals surface area contributed by atoms with E-state index >= 15 is 0 Å². The molecule has 3 aliphatic rings. The van der Waals surface area contributed by atoms with Crippen molar-refractivity contribution in [3.8, 4) is 5.75 Å². The third-order valence-electron chi connectivity index (χ3n) is 8.97. The molecule has 15 heteroatoms. The molecule has 1 saturated carbocycles. The van der Waals surface area contributed by atoms with Gasteiger partial charge in [0.25, 0.3) is 11.8 Å². The number of amides is 5. The van der Waals surface area contributed by atoms with Crippen LogP contribution < -0.4 is 15.4 Å². The highest BCUT2D eigenvalue weighted by atomic mass is 19.3. The SMILES string of the molecule is CCOC(=O)N1CCN(C(=O)[C@H](CC(F)F)NC(=O)c2cc(OCC(=O)N3CCC[C@H]3C(=O)NC3CCC3)c3ccc(C)cc3n2)CC1. The van der Waals surface area contributed by atoms with Gasteiger partial charge in [-0.3, -0.25) is 19.2 Å². The smallest absolute Gasteiger partial charge is 0.409 e. The highest BCUT2D eigenvalue weighted by Gasteiger charge is 2.36. The molecular formula is C33H42F2N6O7. The largest absolute Gasteiger partial charge is 0.483 e. The Morgan fingerprint density at radius 3 is 2.38 bits per heavy atom. The Bertz CT molecular complexity index is 1530. The number of rotatable bonds is 11. The fourth-order valence-electron chi connectivity index (χ4n) is 6.13. The Hall–Kier alpha value is -4.56.